The van der Waals surface area contributed by atoms with Gasteiger partial charge in [-0.15, -0.1) is 0 Å². The first kappa shape index (κ1) is 23.3. The van der Waals surface area contributed by atoms with E-state index in [1.165, 1.54) is 24.3 Å². The molecule has 0 amide bonds. The molecular formula is C20H22N2O10. The van der Waals surface area contributed by atoms with Gasteiger partial charge in [-0.3, -0.25) is 20.2 Å². The fourth-order valence-corrected chi connectivity index (χ4v) is 2.83. The minimum atomic E-state index is -0.829. The van der Waals surface area contributed by atoms with Gasteiger partial charge in [0.2, 0.25) is 12.6 Å². The monoisotopic (exact) mass is 450 g/mol. The molecule has 0 saturated carbocycles. The quantitative estimate of drug-likeness (QED) is 0.269. The van der Waals surface area contributed by atoms with Crippen LogP contribution in [0.5, 0.6) is 11.5 Å². The third-order valence-corrected chi connectivity index (χ3v) is 4.24. The van der Waals surface area contributed by atoms with E-state index >= 15 is 0 Å². The fraction of sp³-hybridized carbons (Fsp3) is 0.400. The van der Waals surface area contributed by atoms with E-state index < -0.39 is 22.4 Å². The zero-order valence-electron chi connectivity index (χ0n) is 17.0. The number of hydrogen-bond donors (Lipinski definition) is 0. The highest BCUT2D eigenvalue weighted by atomic mass is 16.8. The number of ether oxygens (including phenoxy) is 6. The number of rotatable bonds is 12. The van der Waals surface area contributed by atoms with Crippen molar-refractivity contribution in [2.45, 2.75) is 12.6 Å². The molecule has 1 aliphatic rings. The summed E-state index contributed by atoms with van der Waals surface area (Å²) in [6.45, 7) is 0.875. The maximum absolute atomic E-state index is 11.0. The molecule has 0 aliphatic carbocycles. The minimum absolute atomic E-state index is 0.0538. The van der Waals surface area contributed by atoms with Crippen molar-refractivity contribution in [3.8, 4) is 11.5 Å². The van der Waals surface area contributed by atoms with Crippen LogP contribution in [0.1, 0.15) is 0 Å². The Bertz CT molecular complexity index is 836. The highest BCUT2D eigenvalue weighted by molar-refractivity contribution is 5.46. The van der Waals surface area contributed by atoms with Crippen LogP contribution in [0.25, 0.3) is 0 Å². The molecule has 0 aromatic heterocycles. The SMILES string of the molecule is O=[N+]([O-])c1ccccc1OCCOC1OCCOC1OCCOc1ccccc1[N+](=O)[O-]. The van der Waals surface area contributed by atoms with E-state index in [0.717, 1.165) is 0 Å². The Morgan fingerprint density at radius 2 is 1.12 bits per heavy atom. The molecule has 1 aliphatic heterocycles. The van der Waals surface area contributed by atoms with E-state index in [0.29, 0.717) is 13.2 Å². The average molecular weight is 450 g/mol. The Labute approximate surface area is 182 Å². The van der Waals surface area contributed by atoms with Crippen LogP contribution >= 0.6 is 0 Å². The summed E-state index contributed by atoms with van der Waals surface area (Å²) >= 11 is 0. The van der Waals surface area contributed by atoms with Crippen molar-refractivity contribution >= 4 is 11.4 Å². The molecule has 2 aromatic rings. The average Bonchev–Trinajstić information content (AvgIpc) is 2.80. The van der Waals surface area contributed by atoms with Crippen molar-refractivity contribution in [3.63, 3.8) is 0 Å². The van der Waals surface area contributed by atoms with Gasteiger partial charge in [0.15, 0.2) is 11.5 Å². The van der Waals surface area contributed by atoms with Gasteiger partial charge in [-0.25, -0.2) is 0 Å². The molecule has 32 heavy (non-hydrogen) atoms. The van der Waals surface area contributed by atoms with E-state index in [-0.39, 0.29) is 49.3 Å². The first-order chi connectivity index (χ1) is 15.6. The van der Waals surface area contributed by atoms with Crippen molar-refractivity contribution in [2.75, 3.05) is 39.6 Å². The maximum atomic E-state index is 11.0. The first-order valence-corrected chi connectivity index (χ1v) is 9.75. The molecule has 1 fully saturated rings. The third kappa shape index (κ3) is 6.59. The van der Waals surface area contributed by atoms with Crippen LogP contribution in [0.4, 0.5) is 11.4 Å². The molecule has 1 heterocycles. The predicted octanol–water partition coefficient (Wildman–Crippen LogP) is 2.69. The molecule has 12 nitrogen and oxygen atoms in total. The van der Waals surface area contributed by atoms with Crippen molar-refractivity contribution in [1.82, 2.24) is 0 Å². The second-order valence-electron chi connectivity index (χ2n) is 6.37. The van der Waals surface area contributed by atoms with Gasteiger partial charge in [0.25, 0.3) is 0 Å². The number of nitro benzene ring substituents is 2. The highest BCUT2D eigenvalue weighted by Crippen LogP contribution is 2.26. The Morgan fingerprint density at radius 3 is 1.53 bits per heavy atom. The van der Waals surface area contributed by atoms with Gasteiger partial charge in [-0.05, 0) is 12.1 Å². The summed E-state index contributed by atoms with van der Waals surface area (Å²) < 4.78 is 33.0. The summed E-state index contributed by atoms with van der Waals surface area (Å²) in [7, 11) is 0. The van der Waals surface area contributed by atoms with E-state index in [2.05, 4.69) is 0 Å². The number of hydrogen-bond acceptors (Lipinski definition) is 10. The Kier molecular flexibility index (Phi) is 8.69. The first-order valence-electron chi connectivity index (χ1n) is 9.75. The predicted molar refractivity (Wildman–Crippen MR) is 109 cm³/mol. The second-order valence-corrected chi connectivity index (χ2v) is 6.37. The van der Waals surface area contributed by atoms with Crippen LogP contribution in [0.2, 0.25) is 0 Å². The Hall–Kier alpha value is -3.32. The lowest BCUT2D eigenvalue weighted by molar-refractivity contribution is -0.386. The normalized spacial score (nSPS) is 18.1. The zero-order chi connectivity index (χ0) is 22.8. The summed E-state index contributed by atoms with van der Waals surface area (Å²) in [6, 6.07) is 12.1. The van der Waals surface area contributed by atoms with Crippen molar-refractivity contribution < 1.29 is 38.3 Å². The summed E-state index contributed by atoms with van der Waals surface area (Å²) in [5.41, 5.74) is -0.269. The van der Waals surface area contributed by atoms with Gasteiger partial charge in [0, 0.05) is 12.1 Å². The summed E-state index contributed by atoms with van der Waals surface area (Å²) in [6.07, 6.45) is -1.66. The van der Waals surface area contributed by atoms with Crippen molar-refractivity contribution in [2.24, 2.45) is 0 Å². The van der Waals surface area contributed by atoms with Crippen LogP contribution in [-0.4, -0.2) is 62.1 Å². The lowest BCUT2D eigenvalue weighted by atomic mass is 10.3. The second kappa shape index (κ2) is 11.9. The fourth-order valence-electron chi connectivity index (χ4n) is 2.83. The minimum Gasteiger partial charge on any atom is -0.484 e. The number of nitro groups is 2. The summed E-state index contributed by atoms with van der Waals surface area (Å²) in [5, 5.41) is 22.0. The van der Waals surface area contributed by atoms with Crippen molar-refractivity contribution in [1.29, 1.82) is 0 Å². The smallest absolute Gasteiger partial charge is 0.310 e. The van der Waals surface area contributed by atoms with Crippen LogP contribution in [0.15, 0.2) is 48.5 Å². The molecule has 1 saturated heterocycles. The third-order valence-electron chi connectivity index (χ3n) is 4.24. The largest absolute Gasteiger partial charge is 0.484 e. The molecule has 2 aromatic carbocycles. The molecule has 172 valence electrons. The Morgan fingerprint density at radius 1 is 0.719 bits per heavy atom. The lowest BCUT2D eigenvalue weighted by Gasteiger charge is -2.31. The molecule has 2 unspecified atom stereocenters. The van der Waals surface area contributed by atoms with E-state index in [1.807, 2.05) is 0 Å². The van der Waals surface area contributed by atoms with Crippen molar-refractivity contribution in [3.05, 3.63) is 68.8 Å². The van der Waals surface area contributed by atoms with Gasteiger partial charge < -0.3 is 28.4 Å². The van der Waals surface area contributed by atoms with E-state index in [9.17, 15) is 20.2 Å². The molecule has 0 N–H and O–H groups in total. The maximum Gasteiger partial charge on any atom is 0.310 e. The lowest BCUT2D eigenvalue weighted by Crippen LogP contribution is -2.43. The molecule has 12 heteroatoms. The highest BCUT2D eigenvalue weighted by Gasteiger charge is 2.28. The molecule has 0 radical (unpaired) electrons. The van der Waals surface area contributed by atoms with E-state index in [1.54, 1.807) is 24.3 Å². The number of nitrogens with zero attached hydrogens (tertiary/aromatic N) is 2. The standard InChI is InChI=1S/C20H22N2O10/c23-21(24)15-5-1-3-7-17(15)27-9-11-29-19-20(32-14-13-31-19)30-12-10-28-18-8-4-2-6-16(18)22(25)26/h1-8,19-20H,9-14H2. The van der Waals surface area contributed by atoms with Gasteiger partial charge in [0.05, 0.1) is 36.3 Å². The number of benzene rings is 2. The van der Waals surface area contributed by atoms with Crippen LogP contribution < -0.4 is 9.47 Å². The molecule has 3 rings (SSSR count). The Balaban J connectivity index is 1.41. The van der Waals surface area contributed by atoms with Gasteiger partial charge in [-0.2, -0.15) is 0 Å². The van der Waals surface area contributed by atoms with Crippen LogP contribution in [-0.2, 0) is 18.9 Å². The molecule has 0 bridgehead atoms. The van der Waals surface area contributed by atoms with E-state index in [4.69, 9.17) is 28.4 Å². The summed E-state index contributed by atoms with van der Waals surface area (Å²) in [5.74, 6) is 0.281. The topological polar surface area (TPSA) is 142 Å². The van der Waals surface area contributed by atoms with Gasteiger partial charge in [0.1, 0.15) is 13.2 Å². The zero-order valence-corrected chi connectivity index (χ0v) is 17.0. The van der Waals surface area contributed by atoms with Crippen LogP contribution in [0.3, 0.4) is 0 Å². The molecular weight excluding hydrogens is 428 g/mol. The molecule has 0 spiro atoms. The van der Waals surface area contributed by atoms with Crippen LogP contribution in [0, 0.1) is 20.2 Å². The van der Waals surface area contributed by atoms with Gasteiger partial charge in [-0.1, -0.05) is 24.3 Å². The molecule has 2 atom stereocenters. The number of para-hydroxylation sites is 4. The van der Waals surface area contributed by atoms with Gasteiger partial charge >= 0.3 is 11.4 Å². The summed E-state index contributed by atoms with van der Waals surface area (Å²) in [4.78, 5) is 21.0.